The Morgan fingerprint density at radius 1 is 1.12 bits per heavy atom. The zero-order valence-electron chi connectivity index (χ0n) is 13.8. The first kappa shape index (κ1) is 17.9. The van der Waals surface area contributed by atoms with Gasteiger partial charge in [-0.2, -0.15) is 0 Å². The molecule has 0 bridgehead atoms. The van der Waals surface area contributed by atoms with Crippen molar-refractivity contribution in [1.82, 2.24) is 14.2 Å². The highest BCUT2D eigenvalue weighted by atomic mass is 32.2. The van der Waals surface area contributed by atoms with E-state index in [1.165, 1.54) is 31.1 Å². The van der Waals surface area contributed by atoms with Crippen molar-refractivity contribution in [3.8, 4) is 0 Å². The van der Waals surface area contributed by atoms with Crippen molar-refractivity contribution in [1.29, 1.82) is 0 Å². The summed E-state index contributed by atoms with van der Waals surface area (Å²) in [5.74, 6) is 0. The van der Waals surface area contributed by atoms with Gasteiger partial charge in [-0.05, 0) is 30.3 Å². The van der Waals surface area contributed by atoms with Gasteiger partial charge in [-0.15, -0.1) is 0 Å². The molecule has 0 aliphatic carbocycles. The predicted octanol–water partition coefficient (Wildman–Crippen LogP) is 2.00. The molecule has 2 aromatic rings. The van der Waals surface area contributed by atoms with Gasteiger partial charge in [0.25, 0.3) is 0 Å². The van der Waals surface area contributed by atoms with Gasteiger partial charge < -0.3 is 10.2 Å². The van der Waals surface area contributed by atoms with E-state index in [0.29, 0.717) is 12.2 Å². The van der Waals surface area contributed by atoms with Crippen LogP contribution in [-0.2, 0) is 16.6 Å². The van der Waals surface area contributed by atoms with Gasteiger partial charge in [-0.25, -0.2) is 17.5 Å². The summed E-state index contributed by atoms with van der Waals surface area (Å²) in [5.41, 5.74) is 1.18. The zero-order chi connectivity index (χ0) is 17.7. The van der Waals surface area contributed by atoms with Crippen LogP contribution in [0, 0.1) is 0 Å². The van der Waals surface area contributed by atoms with E-state index in [4.69, 9.17) is 0 Å². The average molecular weight is 348 g/mol. The first-order chi connectivity index (χ1) is 11.3. The highest BCUT2D eigenvalue weighted by Gasteiger charge is 2.18. The number of nitrogens with one attached hydrogen (secondary N) is 1. The lowest BCUT2D eigenvalue weighted by molar-refractivity contribution is 0.220. The normalized spacial score (nSPS) is 11.3. The highest BCUT2D eigenvalue weighted by Crippen LogP contribution is 2.18. The number of carbonyl (C=O) groups is 1. The van der Waals surface area contributed by atoms with Crippen molar-refractivity contribution in [3.63, 3.8) is 0 Å². The Bertz CT molecular complexity index is 807. The Balaban J connectivity index is 2.09. The van der Waals surface area contributed by atoms with Gasteiger partial charge in [-0.1, -0.05) is 12.1 Å². The third kappa shape index (κ3) is 4.30. The summed E-state index contributed by atoms with van der Waals surface area (Å²) in [6.45, 7) is 0.350. The average Bonchev–Trinajstić information content (AvgIpc) is 2.55. The molecule has 1 heterocycles. The van der Waals surface area contributed by atoms with Crippen LogP contribution >= 0.6 is 0 Å². The molecule has 8 heteroatoms. The summed E-state index contributed by atoms with van der Waals surface area (Å²) in [6.07, 6.45) is 1.66. The molecule has 0 radical (unpaired) electrons. The Labute approximate surface area is 142 Å². The van der Waals surface area contributed by atoms with Crippen LogP contribution in [0.15, 0.2) is 53.6 Å². The van der Waals surface area contributed by atoms with E-state index in [9.17, 15) is 13.2 Å². The molecular formula is C16H20N4O3S. The number of benzene rings is 1. The first-order valence-corrected chi connectivity index (χ1v) is 8.69. The lowest BCUT2D eigenvalue weighted by Gasteiger charge is -2.18. The lowest BCUT2D eigenvalue weighted by Crippen LogP contribution is -2.31. The number of rotatable bonds is 5. The van der Waals surface area contributed by atoms with Gasteiger partial charge in [0, 0.05) is 33.0 Å². The lowest BCUT2D eigenvalue weighted by atomic mass is 10.3. The maximum atomic E-state index is 12.2. The molecule has 24 heavy (non-hydrogen) atoms. The molecule has 0 saturated carbocycles. The summed E-state index contributed by atoms with van der Waals surface area (Å²) in [4.78, 5) is 18.0. The van der Waals surface area contributed by atoms with Crippen LogP contribution < -0.4 is 5.32 Å². The van der Waals surface area contributed by atoms with Crippen molar-refractivity contribution in [2.75, 3.05) is 26.5 Å². The number of amides is 2. The monoisotopic (exact) mass is 348 g/mol. The van der Waals surface area contributed by atoms with E-state index in [1.807, 2.05) is 12.1 Å². The summed E-state index contributed by atoms with van der Waals surface area (Å²) < 4.78 is 25.4. The standard InChI is InChI=1S/C16H20N4O3S/c1-19(2)24(22,23)15-9-6-8-13(11-15)18-16(21)20(3)12-14-7-4-5-10-17-14/h4-11H,12H2,1-3H3,(H,18,21). The van der Waals surface area contributed by atoms with Crippen LogP contribution in [0.1, 0.15) is 5.69 Å². The number of urea groups is 1. The second-order valence-electron chi connectivity index (χ2n) is 5.42. The van der Waals surface area contributed by atoms with Crippen LogP contribution in [0.3, 0.4) is 0 Å². The third-order valence-electron chi connectivity index (χ3n) is 3.34. The fraction of sp³-hybridized carbons (Fsp3) is 0.250. The number of nitrogens with zero attached hydrogens (tertiary/aromatic N) is 3. The summed E-state index contributed by atoms with van der Waals surface area (Å²) in [5, 5.41) is 2.69. The molecule has 0 atom stereocenters. The van der Waals surface area contributed by atoms with Crippen molar-refractivity contribution < 1.29 is 13.2 Å². The maximum absolute atomic E-state index is 12.2. The zero-order valence-corrected chi connectivity index (χ0v) is 14.6. The summed E-state index contributed by atoms with van der Waals surface area (Å²) >= 11 is 0. The first-order valence-electron chi connectivity index (χ1n) is 7.25. The SMILES string of the molecule is CN(Cc1ccccn1)C(=O)Nc1cccc(S(=O)(=O)N(C)C)c1. The van der Waals surface area contributed by atoms with Crippen LogP contribution in [-0.4, -0.2) is 49.8 Å². The number of sulfonamides is 1. The number of carbonyl (C=O) groups excluding carboxylic acids is 1. The minimum Gasteiger partial charge on any atom is -0.322 e. The van der Waals surface area contributed by atoms with E-state index in [-0.39, 0.29) is 10.9 Å². The van der Waals surface area contributed by atoms with Gasteiger partial charge in [0.05, 0.1) is 17.1 Å². The Hall–Kier alpha value is -2.45. The van der Waals surface area contributed by atoms with Gasteiger partial charge in [0.2, 0.25) is 10.0 Å². The topological polar surface area (TPSA) is 82.6 Å². The van der Waals surface area contributed by atoms with Gasteiger partial charge >= 0.3 is 6.03 Å². The predicted molar refractivity (Wildman–Crippen MR) is 92.0 cm³/mol. The van der Waals surface area contributed by atoms with Crippen molar-refractivity contribution in [3.05, 3.63) is 54.4 Å². The van der Waals surface area contributed by atoms with Crippen LogP contribution in [0.4, 0.5) is 10.5 Å². The number of aromatic nitrogens is 1. The molecule has 0 unspecified atom stereocenters. The highest BCUT2D eigenvalue weighted by molar-refractivity contribution is 7.89. The Kier molecular flexibility index (Phi) is 5.53. The number of anilines is 1. The summed E-state index contributed by atoms with van der Waals surface area (Å²) in [7, 11) is 1.02. The molecule has 1 aromatic carbocycles. The molecule has 0 fully saturated rings. The number of hydrogen-bond acceptors (Lipinski definition) is 4. The maximum Gasteiger partial charge on any atom is 0.321 e. The molecule has 128 valence electrons. The van der Waals surface area contributed by atoms with Crippen molar-refractivity contribution in [2.45, 2.75) is 11.4 Å². The molecular weight excluding hydrogens is 328 g/mol. The van der Waals surface area contributed by atoms with E-state index < -0.39 is 10.0 Å². The van der Waals surface area contributed by atoms with Gasteiger partial charge in [0.15, 0.2) is 0 Å². The second-order valence-corrected chi connectivity index (χ2v) is 7.57. The van der Waals surface area contributed by atoms with E-state index in [0.717, 1.165) is 10.00 Å². The van der Waals surface area contributed by atoms with E-state index >= 15 is 0 Å². The molecule has 2 rings (SSSR count). The molecule has 7 nitrogen and oxygen atoms in total. The van der Waals surface area contributed by atoms with Crippen molar-refractivity contribution in [2.24, 2.45) is 0 Å². The summed E-state index contributed by atoms with van der Waals surface area (Å²) in [6, 6.07) is 11.3. The largest absolute Gasteiger partial charge is 0.322 e. The van der Waals surface area contributed by atoms with Crippen molar-refractivity contribution >= 4 is 21.7 Å². The Morgan fingerprint density at radius 2 is 1.88 bits per heavy atom. The van der Waals surface area contributed by atoms with Gasteiger partial charge in [0.1, 0.15) is 0 Å². The molecule has 0 saturated heterocycles. The smallest absolute Gasteiger partial charge is 0.321 e. The quantitative estimate of drug-likeness (QED) is 0.896. The Morgan fingerprint density at radius 3 is 2.50 bits per heavy atom. The minimum absolute atomic E-state index is 0.123. The van der Waals surface area contributed by atoms with Crippen LogP contribution in [0.25, 0.3) is 0 Å². The minimum atomic E-state index is -3.55. The molecule has 2 amide bonds. The van der Waals surface area contributed by atoms with E-state index in [2.05, 4.69) is 10.3 Å². The molecule has 0 aliphatic rings. The molecule has 0 spiro atoms. The number of hydrogen-bond donors (Lipinski definition) is 1. The van der Waals surface area contributed by atoms with E-state index in [1.54, 1.807) is 31.4 Å². The van der Waals surface area contributed by atoms with Crippen LogP contribution in [0.2, 0.25) is 0 Å². The van der Waals surface area contributed by atoms with Crippen LogP contribution in [0.5, 0.6) is 0 Å². The fourth-order valence-corrected chi connectivity index (χ4v) is 2.92. The third-order valence-corrected chi connectivity index (χ3v) is 5.15. The molecule has 1 aromatic heterocycles. The fourth-order valence-electron chi connectivity index (χ4n) is 1.97. The van der Waals surface area contributed by atoms with Gasteiger partial charge in [-0.3, -0.25) is 4.98 Å². The second kappa shape index (κ2) is 7.41. The molecule has 0 aliphatic heterocycles. The number of pyridine rings is 1. The molecule has 1 N–H and O–H groups in total.